The molecule has 134 valence electrons. The van der Waals surface area contributed by atoms with Gasteiger partial charge in [0.1, 0.15) is 17.1 Å². The molecule has 0 aliphatic carbocycles. The Bertz CT molecular complexity index is 1170. The molecule has 0 aliphatic heterocycles. The van der Waals surface area contributed by atoms with Gasteiger partial charge in [0.15, 0.2) is 5.58 Å². The van der Waals surface area contributed by atoms with Crippen molar-refractivity contribution in [3.8, 4) is 17.2 Å². The maximum absolute atomic E-state index is 13.8. The Balaban J connectivity index is 1.68. The third kappa shape index (κ3) is 3.35. The minimum atomic E-state index is -0.621. The molecule has 0 saturated heterocycles. The molecular weight excluding hydrogens is 371 g/mol. The third-order valence-electron chi connectivity index (χ3n) is 3.95. The Morgan fingerprint density at radius 3 is 2.74 bits per heavy atom. The number of amides is 1. The van der Waals surface area contributed by atoms with Crippen LogP contribution in [0, 0.1) is 5.82 Å². The number of hydrogen-bond donors (Lipinski definition) is 2. The molecule has 2 N–H and O–H groups in total. The standard InChI is InChI=1S/C20H12ClFN2O3/c21-11-5-8-18-16(9-11)24-20(27-18)14-10-12(6-7-17(14)25)23-19(26)13-3-1-2-4-15(13)22/h1-10,25H,(H,23,26). The predicted octanol–water partition coefficient (Wildman–Crippen LogP) is 5.25. The zero-order chi connectivity index (χ0) is 19.0. The lowest BCUT2D eigenvalue weighted by Crippen LogP contribution is -2.13. The lowest BCUT2D eigenvalue weighted by atomic mass is 10.1. The van der Waals surface area contributed by atoms with Gasteiger partial charge in [0, 0.05) is 10.7 Å². The first-order valence-corrected chi connectivity index (χ1v) is 8.34. The molecule has 1 heterocycles. The van der Waals surface area contributed by atoms with Crippen LogP contribution in [0.15, 0.2) is 65.1 Å². The van der Waals surface area contributed by atoms with Gasteiger partial charge in [-0.1, -0.05) is 23.7 Å². The van der Waals surface area contributed by atoms with E-state index in [4.69, 9.17) is 16.0 Å². The van der Waals surface area contributed by atoms with E-state index in [2.05, 4.69) is 10.3 Å². The Hall–Kier alpha value is -3.38. The number of aromatic nitrogens is 1. The van der Waals surface area contributed by atoms with Gasteiger partial charge in [-0.05, 0) is 48.5 Å². The number of nitrogens with zero attached hydrogens (tertiary/aromatic N) is 1. The number of carbonyl (C=O) groups is 1. The summed E-state index contributed by atoms with van der Waals surface area (Å²) in [5.74, 6) is -1.12. The lowest BCUT2D eigenvalue weighted by molar-refractivity contribution is 0.102. The Morgan fingerprint density at radius 2 is 1.93 bits per heavy atom. The fraction of sp³-hybridized carbons (Fsp3) is 0. The van der Waals surface area contributed by atoms with Crippen LogP contribution in [0.5, 0.6) is 5.75 Å². The minimum Gasteiger partial charge on any atom is -0.507 e. The van der Waals surface area contributed by atoms with Crippen LogP contribution in [-0.2, 0) is 0 Å². The lowest BCUT2D eigenvalue weighted by Gasteiger charge is -2.08. The second kappa shape index (κ2) is 6.74. The van der Waals surface area contributed by atoms with Gasteiger partial charge in [0.25, 0.3) is 5.91 Å². The summed E-state index contributed by atoms with van der Waals surface area (Å²) in [6, 6.07) is 15.1. The summed E-state index contributed by atoms with van der Waals surface area (Å²) in [6.45, 7) is 0. The number of fused-ring (bicyclic) bond motifs is 1. The molecule has 0 spiro atoms. The number of benzene rings is 3. The number of aromatic hydroxyl groups is 1. The number of nitrogens with one attached hydrogen (secondary N) is 1. The minimum absolute atomic E-state index is 0.0726. The second-order valence-electron chi connectivity index (χ2n) is 5.80. The van der Waals surface area contributed by atoms with E-state index in [1.165, 1.54) is 36.4 Å². The number of halogens is 2. The van der Waals surface area contributed by atoms with E-state index in [0.29, 0.717) is 21.8 Å². The molecule has 4 aromatic rings. The van der Waals surface area contributed by atoms with Crippen LogP contribution >= 0.6 is 11.6 Å². The maximum atomic E-state index is 13.8. The predicted molar refractivity (Wildman–Crippen MR) is 100 cm³/mol. The van der Waals surface area contributed by atoms with E-state index >= 15 is 0 Å². The number of rotatable bonds is 3. The van der Waals surface area contributed by atoms with Crippen LogP contribution in [0.25, 0.3) is 22.6 Å². The van der Waals surface area contributed by atoms with Crippen LogP contribution in [0.1, 0.15) is 10.4 Å². The highest BCUT2D eigenvalue weighted by Gasteiger charge is 2.16. The second-order valence-corrected chi connectivity index (χ2v) is 6.23. The van der Waals surface area contributed by atoms with E-state index in [-0.39, 0.29) is 22.8 Å². The highest BCUT2D eigenvalue weighted by atomic mass is 35.5. The van der Waals surface area contributed by atoms with E-state index in [1.807, 2.05) is 0 Å². The highest BCUT2D eigenvalue weighted by molar-refractivity contribution is 6.31. The summed E-state index contributed by atoms with van der Waals surface area (Å²) in [5, 5.41) is 13.3. The van der Waals surface area contributed by atoms with Crippen molar-refractivity contribution >= 4 is 34.3 Å². The van der Waals surface area contributed by atoms with Crippen LogP contribution < -0.4 is 5.32 Å². The smallest absolute Gasteiger partial charge is 0.258 e. The van der Waals surface area contributed by atoms with Crippen molar-refractivity contribution in [1.82, 2.24) is 4.98 Å². The first-order valence-electron chi connectivity index (χ1n) is 7.96. The molecule has 27 heavy (non-hydrogen) atoms. The SMILES string of the molecule is O=C(Nc1ccc(O)c(-c2nc3cc(Cl)ccc3o2)c1)c1ccccc1F. The van der Waals surface area contributed by atoms with E-state index in [9.17, 15) is 14.3 Å². The fourth-order valence-electron chi connectivity index (χ4n) is 2.64. The molecule has 4 rings (SSSR count). The molecule has 0 bridgehead atoms. The molecule has 0 unspecified atom stereocenters. The van der Waals surface area contributed by atoms with Crippen molar-refractivity contribution in [3.63, 3.8) is 0 Å². The number of anilines is 1. The number of phenols is 1. The van der Waals surface area contributed by atoms with Crippen molar-refractivity contribution < 1.29 is 18.7 Å². The summed E-state index contributed by atoms with van der Waals surface area (Å²) in [7, 11) is 0. The third-order valence-corrected chi connectivity index (χ3v) is 4.19. The summed E-state index contributed by atoms with van der Waals surface area (Å²) in [4.78, 5) is 16.6. The molecule has 0 saturated carbocycles. The normalized spacial score (nSPS) is 10.9. The highest BCUT2D eigenvalue weighted by Crippen LogP contribution is 2.34. The maximum Gasteiger partial charge on any atom is 0.258 e. The molecule has 0 atom stereocenters. The molecule has 0 fully saturated rings. The van der Waals surface area contributed by atoms with Gasteiger partial charge in [-0.15, -0.1) is 0 Å². The van der Waals surface area contributed by atoms with Crippen molar-refractivity contribution in [2.24, 2.45) is 0 Å². The van der Waals surface area contributed by atoms with Gasteiger partial charge in [-0.3, -0.25) is 4.79 Å². The van der Waals surface area contributed by atoms with Gasteiger partial charge in [0.05, 0.1) is 11.1 Å². The molecular formula is C20H12ClFN2O3. The van der Waals surface area contributed by atoms with Gasteiger partial charge < -0.3 is 14.8 Å². The summed E-state index contributed by atoms with van der Waals surface area (Å²) >= 11 is 5.95. The van der Waals surface area contributed by atoms with Crippen molar-refractivity contribution in [1.29, 1.82) is 0 Å². The number of oxazole rings is 1. The number of phenolic OH excluding ortho intramolecular Hbond substituents is 1. The largest absolute Gasteiger partial charge is 0.507 e. The van der Waals surface area contributed by atoms with Crippen LogP contribution in [0.4, 0.5) is 10.1 Å². The molecule has 0 aliphatic rings. The summed E-state index contributed by atoms with van der Waals surface area (Å²) in [6.07, 6.45) is 0. The molecule has 0 radical (unpaired) electrons. The van der Waals surface area contributed by atoms with Crippen LogP contribution in [-0.4, -0.2) is 16.0 Å². The van der Waals surface area contributed by atoms with Crippen LogP contribution in [0.3, 0.4) is 0 Å². The first kappa shape index (κ1) is 17.1. The van der Waals surface area contributed by atoms with Crippen molar-refractivity contribution in [2.45, 2.75) is 0 Å². The summed E-state index contributed by atoms with van der Waals surface area (Å²) < 4.78 is 19.4. The molecule has 7 heteroatoms. The molecule has 5 nitrogen and oxygen atoms in total. The van der Waals surface area contributed by atoms with Crippen molar-refractivity contribution in [2.75, 3.05) is 5.32 Å². The first-order chi connectivity index (χ1) is 13.0. The topological polar surface area (TPSA) is 75.4 Å². The van der Waals surface area contributed by atoms with Crippen molar-refractivity contribution in [3.05, 3.63) is 77.1 Å². The Kier molecular flexibility index (Phi) is 4.25. The molecule has 3 aromatic carbocycles. The monoisotopic (exact) mass is 382 g/mol. The Morgan fingerprint density at radius 1 is 1.11 bits per heavy atom. The van der Waals surface area contributed by atoms with Crippen LogP contribution in [0.2, 0.25) is 5.02 Å². The van der Waals surface area contributed by atoms with E-state index in [0.717, 1.165) is 0 Å². The number of carbonyl (C=O) groups excluding carboxylic acids is 1. The Labute approximate surface area is 158 Å². The van der Waals surface area contributed by atoms with E-state index in [1.54, 1.807) is 24.3 Å². The van der Waals surface area contributed by atoms with E-state index < -0.39 is 11.7 Å². The zero-order valence-corrected chi connectivity index (χ0v) is 14.5. The fourth-order valence-corrected chi connectivity index (χ4v) is 2.81. The van der Waals surface area contributed by atoms with Gasteiger partial charge in [0.2, 0.25) is 5.89 Å². The van der Waals surface area contributed by atoms with Gasteiger partial charge in [-0.25, -0.2) is 9.37 Å². The average Bonchev–Trinajstić information content (AvgIpc) is 3.06. The zero-order valence-electron chi connectivity index (χ0n) is 13.7. The summed E-state index contributed by atoms with van der Waals surface area (Å²) in [5.41, 5.74) is 1.61. The van der Waals surface area contributed by atoms with Gasteiger partial charge in [-0.2, -0.15) is 0 Å². The average molecular weight is 383 g/mol. The molecule has 1 aromatic heterocycles. The number of hydrogen-bond acceptors (Lipinski definition) is 4. The molecule has 1 amide bonds. The van der Waals surface area contributed by atoms with Gasteiger partial charge >= 0.3 is 0 Å². The quantitative estimate of drug-likeness (QED) is 0.475.